The molecule has 0 aliphatic carbocycles. The Labute approximate surface area is 119 Å². The van der Waals surface area contributed by atoms with Crippen LogP contribution in [0.3, 0.4) is 0 Å². The van der Waals surface area contributed by atoms with Crippen LogP contribution in [0.25, 0.3) is 0 Å². The third-order valence-corrected chi connectivity index (χ3v) is 3.13. The summed E-state index contributed by atoms with van der Waals surface area (Å²) >= 11 is 0. The molecule has 20 heavy (non-hydrogen) atoms. The van der Waals surface area contributed by atoms with Crippen molar-refractivity contribution in [2.24, 2.45) is 0 Å². The van der Waals surface area contributed by atoms with E-state index >= 15 is 0 Å². The molecule has 104 valence electrons. The molecule has 0 heterocycles. The highest BCUT2D eigenvalue weighted by atomic mass is 16.5. The highest BCUT2D eigenvalue weighted by Gasteiger charge is 2.17. The van der Waals surface area contributed by atoms with Crippen molar-refractivity contribution in [1.82, 2.24) is 0 Å². The summed E-state index contributed by atoms with van der Waals surface area (Å²) in [6.45, 7) is 6.31. The Hall–Kier alpha value is -2.29. The van der Waals surface area contributed by atoms with Gasteiger partial charge in [-0.15, -0.1) is 0 Å². The number of rotatable bonds is 4. The molecule has 0 bridgehead atoms. The highest BCUT2D eigenvalue weighted by molar-refractivity contribution is 6.13. The van der Waals surface area contributed by atoms with Crippen LogP contribution in [0.1, 0.15) is 34.0 Å². The number of hydrogen-bond donors (Lipinski definition) is 1. The van der Waals surface area contributed by atoms with Crippen molar-refractivity contribution >= 4 is 11.5 Å². The first-order valence-electron chi connectivity index (χ1n) is 6.67. The third-order valence-electron chi connectivity index (χ3n) is 3.13. The van der Waals surface area contributed by atoms with Crippen LogP contribution in [0.2, 0.25) is 0 Å². The van der Waals surface area contributed by atoms with Crippen molar-refractivity contribution < 1.29 is 9.53 Å². The van der Waals surface area contributed by atoms with Gasteiger partial charge in [0.1, 0.15) is 5.75 Å². The number of aryl methyl sites for hydroxylation is 2. The number of benzene rings is 2. The zero-order valence-electron chi connectivity index (χ0n) is 12.1. The Morgan fingerprint density at radius 2 is 1.65 bits per heavy atom. The summed E-state index contributed by atoms with van der Waals surface area (Å²) in [6.07, 6.45) is 0. The minimum atomic E-state index is -0.0987. The zero-order chi connectivity index (χ0) is 14.7. The number of carbonyl (C=O) groups excluding carboxylic acids is 1. The minimum absolute atomic E-state index is 0.0987. The van der Waals surface area contributed by atoms with Crippen molar-refractivity contribution in [3.8, 4) is 5.75 Å². The molecular formula is C17H19NO2. The van der Waals surface area contributed by atoms with E-state index in [1.165, 1.54) is 0 Å². The molecule has 3 nitrogen and oxygen atoms in total. The Kier molecular flexibility index (Phi) is 4.08. The normalized spacial score (nSPS) is 10.3. The number of ketones is 1. The molecule has 2 N–H and O–H groups in total. The van der Waals surface area contributed by atoms with E-state index < -0.39 is 0 Å². The summed E-state index contributed by atoms with van der Waals surface area (Å²) in [5, 5.41) is 0. The molecule has 0 amide bonds. The van der Waals surface area contributed by atoms with Crippen molar-refractivity contribution in [3.63, 3.8) is 0 Å². The van der Waals surface area contributed by atoms with Crippen LogP contribution >= 0.6 is 0 Å². The summed E-state index contributed by atoms with van der Waals surface area (Å²) in [4.78, 5) is 12.7. The van der Waals surface area contributed by atoms with Gasteiger partial charge in [0, 0.05) is 11.3 Å². The molecule has 2 aromatic carbocycles. The predicted octanol–water partition coefficient (Wildman–Crippen LogP) is 3.52. The molecule has 2 rings (SSSR count). The Morgan fingerprint density at radius 3 is 2.30 bits per heavy atom. The van der Waals surface area contributed by atoms with Gasteiger partial charge >= 0.3 is 0 Å². The van der Waals surface area contributed by atoms with Gasteiger partial charge in [0.25, 0.3) is 0 Å². The summed E-state index contributed by atoms with van der Waals surface area (Å²) in [5.74, 6) is 0.502. The molecule has 2 aromatic rings. The van der Waals surface area contributed by atoms with Gasteiger partial charge in [-0.05, 0) is 45.0 Å². The van der Waals surface area contributed by atoms with Crippen LogP contribution in [-0.4, -0.2) is 12.4 Å². The topological polar surface area (TPSA) is 52.3 Å². The Bertz CT molecular complexity index is 647. The van der Waals surface area contributed by atoms with Crippen molar-refractivity contribution in [3.05, 3.63) is 58.7 Å². The average molecular weight is 269 g/mol. The van der Waals surface area contributed by atoms with Gasteiger partial charge in [-0.2, -0.15) is 0 Å². The van der Waals surface area contributed by atoms with E-state index in [1.54, 1.807) is 6.07 Å². The van der Waals surface area contributed by atoms with Gasteiger partial charge in [0.2, 0.25) is 0 Å². The fourth-order valence-corrected chi connectivity index (χ4v) is 2.11. The molecule has 0 aliphatic rings. The van der Waals surface area contributed by atoms with Gasteiger partial charge in [-0.25, -0.2) is 0 Å². The molecule has 0 aromatic heterocycles. The van der Waals surface area contributed by atoms with E-state index in [0.29, 0.717) is 29.2 Å². The molecule has 0 aliphatic heterocycles. The lowest BCUT2D eigenvalue weighted by molar-refractivity contribution is 0.103. The van der Waals surface area contributed by atoms with Crippen LogP contribution in [-0.2, 0) is 0 Å². The summed E-state index contributed by atoms with van der Waals surface area (Å²) in [5.41, 5.74) is 9.53. The fourth-order valence-electron chi connectivity index (χ4n) is 2.11. The van der Waals surface area contributed by atoms with Gasteiger partial charge in [0.15, 0.2) is 5.78 Å². The molecule has 0 saturated carbocycles. The van der Waals surface area contributed by atoms with E-state index in [2.05, 4.69) is 0 Å². The highest BCUT2D eigenvalue weighted by Crippen LogP contribution is 2.26. The lowest BCUT2D eigenvalue weighted by atomic mass is 9.98. The molecule has 0 atom stereocenters. The maximum Gasteiger partial charge on any atom is 0.198 e. The van der Waals surface area contributed by atoms with Crippen molar-refractivity contribution in [2.75, 3.05) is 12.3 Å². The lowest BCUT2D eigenvalue weighted by Crippen LogP contribution is -2.08. The number of hydrogen-bond acceptors (Lipinski definition) is 3. The average Bonchev–Trinajstić information content (AvgIpc) is 2.43. The van der Waals surface area contributed by atoms with Gasteiger partial charge in [0.05, 0.1) is 12.2 Å². The molecule has 0 fully saturated rings. The standard InChI is InChI=1S/C17H19NO2/c1-4-20-16-8-6-12(3)10-14(16)17(19)13-9-11(2)5-7-15(13)18/h5-10H,4,18H2,1-3H3. The maximum absolute atomic E-state index is 12.7. The van der Waals surface area contributed by atoms with Gasteiger partial charge < -0.3 is 10.5 Å². The SMILES string of the molecule is CCOc1ccc(C)cc1C(=O)c1cc(C)ccc1N. The summed E-state index contributed by atoms with van der Waals surface area (Å²) in [6, 6.07) is 11.1. The summed E-state index contributed by atoms with van der Waals surface area (Å²) in [7, 11) is 0. The van der Waals surface area contributed by atoms with Gasteiger partial charge in [-0.1, -0.05) is 23.3 Å². The van der Waals surface area contributed by atoms with Gasteiger partial charge in [-0.3, -0.25) is 4.79 Å². The van der Waals surface area contributed by atoms with Crippen molar-refractivity contribution in [2.45, 2.75) is 20.8 Å². The third kappa shape index (κ3) is 2.82. The molecule has 0 saturated heterocycles. The van der Waals surface area contributed by atoms with E-state index in [9.17, 15) is 4.79 Å². The molecule has 3 heteroatoms. The Morgan fingerprint density at radius 1 is 1.05 bits per heavy atom. The first-order valence-corrected chi connectivity index (χ1v) is 6.67. The number of carbonyl (C=O) groups is 1. The second-order valence-electron chi connectivity index (χ2n) is 4.85. The number of anilines is 1. The smallest absolute Gasteiger partial charge is 0.198 e. The molecule has 0 unspecified atom stereocenters. The van der Waals surface area contributed by atoms with Crippen LogP contribution in [0.4, 0.5) is 5.69 Å². The van der Waals surface area contributed by atoms with Crippen LogP contribution in [0, 0.1) is 13.8 Å². The predicted molar refractivity (Wildman–Crippen MR) is 81.4 cm³/mol. The first-order chi connectivity index (χ1) is 9.52. The number of ether oxygens (including phenoxy) is 1. The van der Waals surface area contributed by atoms with Crippen molar-refractivity contribution in [1.29, 1.82) is 0 Å². The minimum Gasteiger partial charge on any atom is -0.493 e. The number of nitrogens with two attached hydrogens (primary N) is 1. The lowest BCUT2D eigenvalue weighted by Gasteiger charge is -2.12. The first kappa shape index (κ1) is 14.1. The largest absolute Gasteiger partial charge is 0.493 e. The van der Waals surface area contributed by atoms with E-state index in [4.69, 9.17) is 10.5 Å². The molecular weight excluding hydrogens is 250 g/mol. The molecule has 0 spiro atoms. The maximum atomic E-state index is 12.7. The zero-order valence-corrected chi connectivity index (χ0v) is 12.1. The Balaban J connectivity index is 2.52. The van der Waals surface area contributed by atoms with Crippen LogP contribution in [0.15, 0.2) is 36.4 Å². The second kappa shape index (κ2) is 5.78. The van der Waals surface area contributed by atoms with Crippen LogP contribution in [0.5, 0.6) is 5.75 Å². The summed E-state index contributed by atoms with van der Waals surface area (Å²) < 4.78 is 5.54. The molecule has 0 radical (unpaired) electrons. The monoisotopic (exact) mass is 269 g/mol. The van der Waals surface area contributed by atoms with Crippen LogP contribution < -0.4 is 10.5 Å². The van der Waals surface area contributed by atoms with E-state index in [1.807, 2.05) is 51.1 Å². The van der Waals surface area contributed by atoms with E-state index in [-0.39, 0.29) is 5.78 Å². The fraction of sp³-hybridized carbons (Fsp3) is 0.235. The quantitative estimate of drug-likeness (QED) is 0.682. The second-order valence-corrected chi connectivity index (χ2v) is 4.85. The number of nitrogen functional groups attached to an aromatic ring is 1. The van der Waals surface area contributed by atoms with E-state index in [0.717, 1.165) is 11.1 Å².